The summed E-state index contributed by atoms with van der Waals surface area (Å²) in [7, 11) is 1.66. The van der Waals surface area contributed by atoms with Crippen molar-refractivity contribution >= 4 is 35.0 Å². The fourth-order valence-corrected chi connectivity index (χ4v) is 4.58. The zero-order valence-corrected chi connectivity index (χ0v) is 23.8. The highest BCUT2D eigenvalue weighted by molar-refractivity contribution is 6.04. The van der Waals surface area contributed by atoms with Gasteiger partial charge in [0.2, 0.25) is 0 Å². The summed E-state index contributed by atoms with van der Waals surface area (Å²) in [5.74, 6) is 0.0517. The van der Waals surface area contributed by atoms with Gasteiger partial charge in [0, 0.05) is 25.2 Å². The van der Waals surface area contributed by atoms with Gasteiger partial charge in [-0.25, -0.2) is 9.59 Å². The van der Waals surface area contributed by atoms with Crippen molar-refractivity contribution in [3.63, 3.8) is 0 Å². The molecule has 1 aromatic heterocycles. The van der Waals surface area contributed by atoms with Crippen molar-refractivity contribution in [3.05, 3.63) is 65.5 Å². The average Bonchev–Trinajstić information content (AvgIpc) is 3.27. The maximum absolute atomic E-state index is 13.7. The molecule has 2 heterocycles. The lowest BCUT2D eigenvalue weighted by Gasteiger charge is -2.38. The number of carbonyl (C=O) groups excluding carboxylic acids is 3. The van der Waals surface area contributed by atoms with Crippen LogP contribution < -0.4 is 20.7 Å². The Labute approximate surface area is 238 Å². The number of ether oxygens (including phenoxy) is 1. The van der Waals surface area contributed by atoms with E-state index in [4.69, 9.17) is 9.26 Å². The lowest BCUT2D eigenvalue weighted by atomic mass is 9.99. The molecule has 3 atom stereocenters. The van der Waals surface area contributed by atoms with Crippen LogP contribution in [-0.2, 0) is 0 Å². The molecule has 12 nitrogen and oxygen atoms in total. The maximum atomic E-state index is 13.7. The van der Waals surface area contributed by atoms with Crippen LogP contribution >= 0.6 is 0 Å². The minimum Gasteiger partial charge on any atom is -0.485 e. The van der Waals surface area contributed by atoms with Crippen molar-refractivity contribution in [1.82, 2.24) is 15.0 Å². The van der Waals surface area contributed by atoms with Crippen LogP contribution in [0.3, 0.4) is 0 Å². The first-order valence-corrected chi connectivity index (χ1v) is 13.4. The molecule has 0 fully saturated rings. The maximum Gasteiger partial charge on any atom is 0.323 e. The third kappa shape index (κ3) is 6.77. The highest BCUT2D eigenvalue weighted by atomic mass is 16.5. The molecule has 2 aromatic carbocycles. The van der Waals surface area contributed by atoms with E-state index in [-0.39, 0.29) is 48.0 Å². The van der Waals surface area contributed by atoms with Crippen LogP contribution in [0.1, 0.15) is 35.7 Å². The van der Waals surface area contributed by atoms with E-state index < -0.39 is 18.2 Å². The second-order valence-corrected chi connectivity index (χ2v) is 10.3. The number of amides is 5. The number of para-hydroxylation sites is 2. The molecule has 3 aromatic rings. The molecule has 0 aliphatic carbocycles. The topological polar surface area (TPSA) is 149 Å². The Balaban J connectivity index is 1.63. The monoisotopic (exact) mass is 564 g/mol. The first kappa shape index (κ1) is 29.4. The van der Waals surface area contributed by atoms with Crippen molar-refractivity contribution in [1.29, 1.82) is 0 Å². The summed E-state index contributed by atoms with van der Waals surface area (Å²) >= 11 is 0. The van der Waals surface area contributed by atoms with E-state index in [1.165, 1.54) is 4.90 Å². The van der Waals surface area contributed by atoms with Gasteiger partial charge in [-0.2, -0.15) is 0 Å². The standard InChI is InChI=1S/C29H36N6O6/c1-17-14-35(18(2)16-36)27(37)22-12-9-13-23(31-28(38)32-25-19(3)33-41-20(25)4)26(22)40-24(17)15-34(5)29(39)30-21-10-7-6-8-11-21/h6-13,17-18,24,36H,14-16H2,1-5H3,(H,30,39)(H2,31,32,38)/t17-,18+,24-/m0/s1. The number of nitrogens with one attached hydrogen (secondary N) is 3. The van der Waals surface area contributed by atoms with Gasteiger partial charge >= 0.3 is 12.1 Å². The quantitative estimate of drug-likeness (QED) is 0.334. The molecular weight excluding hydrogens is 528 g/mol. The van der Waals surface area contributed by atoms with E-state index >= 15 is 0 Å². The first-order valence-electron chi connectivity index (χ1n) is 13.4. The molecule has 218 valence electrons. The molecule has 0 unspecified atom stereocenters. The highest BCUT2D eigenvalue weighted by Gasteiger charge is 2.35. The number of nitrogens with zero attached hydrogens (tertiary/aromatic N) is 3. The Morgan fingerprint density at radius 3 is 2.51 bits per heavy atom. The lowest BCUT2D eigenvalue weighted by molar-refractivity contribution is 0.0373. The fourth-order valence-electron chi connectivity index (χ4n) is 4.58. The summed E-state index contributed by atoms with van der Waals surface area (Å²) in [6.07, 6.45) is -0.560. The van der Waals surface area contributed by atoms with Crippen molar-refractivity contribution in [2.24, 2.45) is 5.92 Å². The van der Waals surface area contributed by atoms with Crippen molar-refractivity contribution in [2.75, 3.05) is 42.7 Å². The van der Waals surface area contributed by atoms with E-state index in [0.29, 0.717) is 29.4 Å². The largest absolute Gasteiger partial charge is 0.485 e. The van der Waals surface area contributed by atoms with Gasteiger partial charge in [-0.3, -0.25) is 4.79 Å². The number of rotatable bonds is 7. The molecule has 0 spiro atoms. The predicted molar refractivity (Wildman–Crippen MR) is 154 cm³/mol. The normalized spacial score (nSPS) is 17.4. The van der Waals surface area contributed by atoms with Crippen LogP contribution in [0.5, 0.6) is 5.75 Å². The highest BCUT2D eigenvalue weighted by Crippen LogP contribution is 2.35. The van der Waals surface area contributed by atoms with Crippen LogP contribution in [-0.4, -0.2) is 76.9 Å². The number of hydrogen-bond donors (Lipinski definition) is 4. The Bertz CT molecular complexity index is 1370. The Morgan fingerprint density at radius 2 is 1.85 bits per heavy atom. The van der Waals surface area contributed by atoms with Crippen LogP contribution in [0.2, 0.25) is 0 Å². The average molecular weight is 565 g/mol. The van der Waals surface area contributed by atoms with Gasteiger partial charge in [0.1, 0.15) is 17.5 Å². The number of urea groups is 2. The third-order valence-corrected chi connectivity index (χ3v) is 7.04. The van der Waals surface area contributed by atoms with Gasteiger partial charge in [-0.1, -0.05) is 36.3 Å². The molecule has 0 saturated carbocycles. The summed E-state index contributed by atoms with van der Waals surface area (Å²) < 4.78 is 11.6. The number of aromatic nitrogens is 1. The SMILES string of the molecule is Cc1noc(C)c1NC(=O)Nc1cccc2c1O[C@@H](CN(C)C(=O)Nc1ccccc1)[C@@H](C)CN([C@H](C)CO)C2=O. The fraction of sp³-hybridized carbons (Fsp3) is 0.379. The summed E-state index contributed by atoms with van der Waals surface area (Å²) in [5.41, 5.74) is 2.12. The summed E-state index contributed by atoms with van der Waals surface area (Å²) in [4.78, 5) is 42.7. The van der Waals surface area contributed by atoms with Gasteiger partial charge in [-0.15, -0.1) is 0 Å². The second-order valence-electron chi connectivity index (χ2n) is 10.3. The van der Waals surface area contributed by atoms with E-state index in [9.17, 15) is 19.5 Å². The smallest absolute Gasteiger partial charge is 0.323 e. The number of likely N-dealkylation sites (N-methyl/N-ethyl adjacent to an activating group) is 1. The Hall–Kier alpha value is -4.58. The summed E-state index contributed by atoms with van der Waals surface area (Å²) in [6.45, 7) is 7.33. The van der Waals surface area contributed by atoms with Crippen LogP contribution in [0.4, 0.5) is 26.7 Å². The minimum atomic E-state index is -0.574. The number of fused-ring (bicyclic) bond motifs is 1. The number of aliphatic hydroxyl groups is 1. The number of hydrogen-bond acceptors (Lipinski definition) is 7. The molecule has 5 amide bonds. The summed E-state index contributed by atoms with van der Waals surface area (Å²) in [5, 5.41) is 22.1. The zero-order valence-electron chi connectivity index (χ0n) is 23.8. The number of carbonyl (C=O) groups is 3. The molecule has 4 rings (SSSR count). The van der Waals surface area contributed by atoms with Gasteiger partial charge in [0.25, 0.3) is 5.91 Å². The van der Waals surface area contributed by atoms with Crippen molar-refractivity contribution < 1.29 is 28.8 Å². The molecule has 4 N–H and O–H groups in total. The predicted octanol–water partition coefficient (Wildman–Crippen LogP) is 4.32. The molecule has 1 aliphatic heterocycles. The van der Waals surface area contributed by atoms with Crippen molar-refractivity contribution in [3.8, 4) is 5.75 Å². The zero-order chi connectivity index (χ0) is 29.7. The molecule has 0 bridgehead atoms. The van der Waals surface area contributed by atoms with Crippen LogP contribution in [0, 0.1) is 19.8 Å². The second kappa shape index (κ2) is 12.7. The van der Waals surface area contributed by atoms with E-state index in [0.717, 1.165) is 0 Å². The number of aryl methyl sites for hydroxylation is 2. The van der Waals surface area contributed by atoms with Gasteiger partial charge in [0.05, 0.1) is 30.4 Å². The van der Waals surface area contributed by atoms with E-state index in [2.05, 4.69) is 21.1 Å². The molecule has 1 aliphatic rings. The Kier molecular flexibility index (Phi) is 9.13. The van der Waals surface area contributed by atoms with Crippen molar-refractivity contribution in [2.45, 2.75) is 39.8 Å². The number of aliphatic hydroxyl groups excluding tert-OH is 1. The van der Waals surface area contributed by atoms with E-state index in [1.807, 2.05) is 25.1 Å². The third-order valence-electron chi connectivity index (χ3n) is 7.04. The summed E-state index contributed by atoms with van der Waals surface area (Å²) in [6, 6.07) is 12.6. The number of anilines is 3. The molecule has 12 heteroatoms. The van der Waals surface area contributed by atoms with Crippen LogP contribution in [0.25, 0.3) is 0 Å². The van der Waals surface area contributed by atoms with Gasteiger partial charge in [0.15, 0.2) is 11.5 Å². The first-order chi connectivity index (χ1) is 19.6. The van der Waals surface area contributed by atoms with Gasteiger partial charge < -0.3 is 40.1 Å². The van der Waals surface area contributed by atoms with Crippen LogP contribution in [0.15, 0.2) is 53.1 Å². The molecule has 41 heavy (non-hydrogen) atoms. The Morgan fingerprint density at radius 1 is 1.12 bits per heavy atom. The number of benzene rings is 2. The molecule has 0 saturated heterocycles. The van der Waals surface area contributed by atoms with E-state index in [1.54, 1.807) is 63.1 Å². The minimum absolute atomic E-state index is 0.176. The van der Waals surface area contributed by atoms with Gasteiger partial charge in [-0.05, 0) is 45.0 Å². The lowest BCUT2D eigenvalue weighted by Crippen LogP contribution is -2.50. The molecular formula is C29H36N6O6. The molecule has 0 radical (unpaired) electrons.